The highest BCUT2D eigenvalue weighted by molar-refractivity contribution is 7.92. The predicted octanol–water partition coefficient (Wildman–Crippen LogP) is 3.07. The lowest BCUT2D eigenvalue weighted by molar-refractivity contribution is 0.152. The fraction of sp³-hybridized carbons (Fsp3) is 0.250. The Labute approximate surface area is 165 Å². The number of H-pyrrole nitrogens is 1. The van der Waals surface area contributed by atoms with E-state index in [9.17, 15) is 18.8 Å². The van der Waals surface area contributed by atoms with Crippen LogP contribution in [0.25, 0.3) is 10.9 Å². The van der Waals surface area contributed by atoms with Gasteiger partial charge in [-0.05, 0) is 26.0 Å². The summed E-state index contributed by atoms with van der Waals surface area (Å²) in [6.07, 6.45) is 2.56. The topological polar surface area (TPSA) is 124 Å². The fourth-order valence-electron chi connectivity index (χ4n) is 2.57. The van der Waals surface area contributed by atoms with E-state index in [0.717, 1.165) is 6.20 Å². The van der Waals surface area contributed by atoms with Gasteiger partial charge < -0.3 is 10.1 Å². The predicted molar refractivity (Wildman–Crippen MR) is 102 cm³/mol. The molecule has 3 rings (SSSR count). The highest BCUT2D eigenvalue weighted by Crippen LogP contribution is 2.34. The first-order chi connectivity index (χ1) is 12.6. The van der Waals surface area contributed by atoms with Crippen molar-refractivity contribution in [3.05, 3.63) is 40.3 Å². The first kappa shape index (κ1) is 19.5. The van der Waals surface area contributed by atoms with E-state index in [2.05, 4.69) is 14.8 Å². The van der Waals surface area contributed by atoms with Crippen LogP contribution in [0.3, 0.4) is 0 Å². The van der Waals surface area contributed by atoms with Crippen LogP contribution in [0.2, 0.25) is 10.2 Å². The Morgan fingerprint density at radius 3 is 2.74 bits per heavy atom. The minimum atomic E-state index is -4.09. The molecule has 27 heavy (non-hydrogen) atoms. The number of fused-ring (bicyclic) bond motifs is 1. The molecule has 8 nitrogen and oxygen atoms in total. The minimum Gasteiger partial charge on any atom is -0.394 e. The van der Waals surface area contributed by atoms with Gasteiger partial charge in [-0.1, -0.05) is 23.2 Å². The summed E-state index contributed by atoms with van der Waals surface area (Å²) >= 11 is 12.3. The van der Waals surface area contributed by atoms with Gasteiger partial charge in [0.25, 0.3) is 10.0 Å². The normalized spacial score (nSPS) is 12.3. The SMILES string of the molecule is CC(C)(CO)n1ncc(S(=O)(=O)Nc2ccc(Cl)c3c(C#N)c[nH]c23)c1Cl. The molecular formula is C16H15Cl2N5O3S. The second-order valence-electron chi connectivity index (χ2n) is 6.45. The summed E-state index contributed by atoms with van der Waals surface area (Å²) in [7, 11) is -4.09. The van der Waals surface area contributed by atoms with Crippen LogP contribution in [-0.4, -0.2) is 34.9 Å². The average Bonchev–Trinajstić information content (AvgIpc) is 3.22. The molecule has 0 saturated carbocycles. The van der Waals surface area contributed by atoms with Crippen molar-refractivity contribution in [3.63, 3.8) is 0 Å². The summed E-state index contributed by atoms with van der Waals surface area (Å²) < 4.78 is 29.3. The number of aromatic nitrogens is 3. The molecule has 0 bridgehead atoms. The molecule has 2 aromatic heterocycles. The Morgan fingerprint density at radius 1 is 1.41 bits per heavy atom. The molecule has 0 aliphatic rings. The van der Waals surface area contributed by atoms with Crippen molar-refractivity contribution in [2.75, 3.05) is 11.3 Å². The molecule has 11 heteroatoms. The maximum absolute atomic E-state index is 12.8. The maximum Gasteiger partial charge on any atom is 0.266 e. The van der Waals surface area contributed by atoms with Gasteiger partial charge in [-0.3, -0.25) is 4.72 Å². The third-order valence-corrected chi connectivity index (χ3v) is 6.24. The Bertz CT molecular complexity index is 1170. The minimum absolute atomic E-state index is 0.129. The standard InChI is InChI=1S/C16H15Cl2N5O3S/c1-16(2,8-24)23-15(18)12(7-21-23)27(25,26)22-11-4-3-10(17)13-9(5-19)6-20-14(11)13/h3-4,6-7,20,22,24H,8H2,1-2H3. The van der Waals surface area contributed by atoms with E-state index in [1.165, 1.54) is 23.0 Å². The van der Waals surface area contributed by atoms with E-state index >= 15 is 0 Å². The van der Waals surface area contributed by atoms with E-state index in [-0.39, 0.29) is 22.3 Å². The number of nitrogens with one attached hydrogen (secondary N) is 2. The monoisotopic (exact) mass is 427 g/mol. The summed E-state index contributed by atoms with van der Waals surface area (Å²) in [6, 6.07) is 4.98. The van der Waals surface area contributed by atoms with Gasteiger partial charge >= 0.3 is 0 Å². The Hall–Kier alpha value is -2.25. The van der Waals surface area contributed by atoms with Crippen LogP contribution >= 0.6 is 23.2 Å². The number of hydrogen-bond acceptors (Lipinski definition) is 5. The largest absolute Gasteiger partial charge is 0.394 e. The van der Waals surface area contributed by atoms with Gasteiger partial charge in [0.1, 0.15) is 16.1 Å². The van der Waals surface area contributed by atoms with Crippen LogP contribution in [0.15, 0.2) is 29.4 Å². The molecule has 0 unspecified atom stereocenters. The van der Waals surface area contributed by atoms with Crippen molar-refractivity contribution in [3.8, 4) is 6.07 Å². The summed E-state index contributed by atoms with van der Waals surface area (Å²) in [6.45, 7) is 3.06. The van der Waals surface area contributed by atoms with E-state index in [1.807, 2.05) is 6.07 Å². The Kier molecular flexibility index (Phi) is 4.86. The molecule has 0 atom stereocenters. The molecule has 0 fully saturated rings. The van der Waals surface area contributed by atoms with Crippen molar-refractivity contribution in [2.24, 2.45) is 0 Å². The quantitative estimate of drug-likeness (QED) is 0.576. The van der Waals surface area contributed by atoms with Crippen molar-refractivity contribution in [1.29, 1.82) is 5.26 Å². The first-order valence-electron chi connectivity index (χ1n) is 7.70. The van der Waals surface area contributed by atoms with Crippen molar-refractivity contribution >= 4 is 49.8 Å². The summed E-state index contributed by atoms with van der Waals surface area (Å²) in [4.78, 5) is 2.62. The molecular weight excluding hydrogens is 413 g/mol. The lowest BCUT2D eigenvalue weighted by Crippen LogP contribution is -2.31. The lowest BCUT2D eigenvalue weighted by atomic mass is 10.1. The van der Waals surface area contributed by atoms with Gasteiger partial charge in [0.15, 0.2) is 0 Å². The van der Waals surface area contributed by atoms with Crippen LogP contribution in [0.5, 0.6) is 0 Å². The maximum atomic E-state index is 12.8. The second-order valence-corrected chi connectivity index (χ2v) is 8.86. The molecule has 0 aliphatic carbocycles. The smallest absolute Gasteiger partial charge is 0.266 e. The zero-order valence-corrected chi connectivity index (χ0v) is 16.6. The number of sulfonamides is 1. The zero-order valence-electron chi connectivity index (χ0n) is 14.3. The van der Waals surface area contributed by atoms with Gasteiger partial charge in [-0.15, -0.1) is 0 Å². The van der Waals surface area contributed by atoms with Gasteiger partial charge in [0.2, 0.25) is 0 Å². The number of aliphatic hydroxyl groups is 1. The third kappa shape index (κ3) is 3.26. The number of anilines is 1. The van der Waals surface area contributed by atoms with E-state index in [0.29, 0.717) is 21.5 Å². The first-order valence-corrected chi connectivity index (χ1v) is 9.93. The second kappa shape index (κ2) is 6.73. The van der Waals surface area contributed by atoms with Gasteiger partial charge in [0.05, 0.1) is 40.1 Å². The number of aliphatic hydroxyl groups excluding tert-OH is 1. The molecule has 0 amide bonds. The van der Waals surface area contributed by atoms with Gasteiger partial charge in [0, 0.05) is 11.6 Å². The van der Waals surface area contributed by atoms with Gasteiger partial charge in [-0.25, -0.2) is 13.1 Å². The van der Waals surface area contributed by atoms with Crippen LogP contribution in [-0.2, 0) is 15.6 Å². The summed E-state index contributed by atoms with van der Waals surface area (Å²) in [5, 5.41) is 23.2. The lowest BCUT2D eigenvalue weighted by Gasteiger charge is -2.23. The molecule has 0 aliphatic heterocycles. The van der Waals surface area contributed by atoms with Crippen molar-refractivity contribution in [1.82, 2.24) is 14.8 Å². The average molecular weight is 428 g/mol. The summed E-state index contributed by atoms with van der Waals surface area (Å²) in [5.74, 6) is 0. The molecule has 0 spiro atoms. The van der Waals surface area contributed by atoms with Gasteiger partial charge in [-0.2, -0.15) is 10.4 Å². The number of hydrogen-bond donors (Lipinski definition) is 3. The number of aromatic amines is 1. The number of benzene rings is 1. The molecule has 3 N–H and O–H groups in total. The van der Waals surface area contributed by atoms with Crippen LogP contribution < -0.4 is 4.72 Å². The van der Waals surface area contributed by atoms with Crippen LogP contribution in [0.1, 0.15) is 19.4 Å². The van der Waals surface area contributed by atoms with Crippen molar-refractivity contribution < 1.29 is 13.5 Å². The van der Waals surface area contributed by atoms with E-state index < -0.39 is 15.6 Å². The van der Waals surface area contributed by atoms with Crippen LogP contribution in [0, 0.1) is 11.3 Å². The Balaban J connectivity index is 2.07. The highest BCUT2D eigenvalue weighted by atomic mass is 35.5. The molecule has 2 heterocycles. The molecule has 142 valence electrons. The number of rotatable bonds is 5. The number of nitriles is 1. The molecule has 0 radical (unpaired) electrons. The van der Waals surface area contributed by atoms with Crippen LogP contribution in [0.4, 0.5) is 5.69 Å². The van der Waals surface area contributed by atoms with E-state index in [1.54, 1.807) is 13.8 Å². The Morgan fingerprint density at radius 2 is 2.11 bits per heavy atom. The van der Waals surface area contributed by atoms with E-state index in [4.69, 9.17) is 23.2 Å². The fourth-order valence-corrected chi connectivity index (χ4v) is 4.52. The summed E-state index contributed by atoms with van der Waals surface area (Å²) in [5.41, 5.74) is 0.00840. The molecule has 0 saturated heterocycles. The highest BCUT2D eigenvalue weighted by Gasteiger charge is 2.29. The van der Waals surface area contributed by atoms with Crippen molar-refractivity contribution in [2.45, 2.75) is 24.3 Å². The molecule has 3 aromatic rings. The zero-order chi connectivity index (χ0) is 20.0. The number of halogens is 2. The third-order valence-electron chi connectivity index (χ3n) is 4.08. The number of nitrogens with zero attached hydrogens (tertiary/aromatic N) is 3. The molecule has 1 aromatic carbocycles.